The predicted molar refractivity (Wildman–Crippen MR) is 97.0 cm³/mol. The molecule has 1 fully saturated rings. The summed E-state index contributed by atoms with van der Waals surface area (Å²) in [5.41, 5.74) is 1.09. The Hall–Kier alpha value is -2.76. The Kier molecular flexibility index (Phi) is 5.02. The molecule has 2 heterocycles. The van der Waals surface area contributed by atoms with Gasteiger partial charge in [-0.25, -0.2) is 9.97 Å². The van der Waals surface area contributed by atoms with Gasteiger partial charge in [0.1, 0.15) is 6.33 Å². The SMILES string of the molecule is CC(C)c1ncncc1C(=O)N1CCC(C(=O)O)(c2ccccc2)CC1. The molecule has 0 radical (unpaired) electrons. The standard InChI is InChI=1S/C20H23N3O3/c1-14(2)17-16(12-21-13-22-17)18(24)23-10-8-20(9-11-23,19(25)26)15-6-4-3-5-7-15/h3-7,12-14H,8-11H2,1-2H3,(H,25,26). The summed E-state index contributed by atoms with van der Waals surface area (Å²) >= 11 is 0. The van der Waals surface area contributed by atoms with Crippen LogP contribution >= 0.6 is 0 Å². The van der Waals surface area contributed by atoms with E-state index < -0.39 is 11.4 Å². The summed E-state index contributed by atoms with van der Waals surface area (Å²) in [6.45, 7) is 4.76. The van der Waals surface area contributed by atoms with Crippen molar-refractivity contribution in [2.24, 2.45) is 0 Å². The topological polar surface area (TPSA) is 83.4 Å². The molecule has 26 heavy (non-hydrogen) atoms. The molecule has 2 aromatic rings. The number of nitrogens with zero attached hydrogens (tertiary/aromatic N) is 3. The van der Waals surface area contributed by atoms with Gasteiger partial charge in [-0.1, -0.05) is 44.2 Å². The zero-order valence-corrected chi connectivity index (χ0v) is 15.1. The smallest absolute Gasteiger partial charge is 0.314 e. The van der Waals surface area contributed by atoms with E-state index in [2.05, 4.69) is 9.97 Å². The normalized spacial score (nSPS) is 16.5. The molecule has 0 atom stereocenters. The molecule has 1 aromatic heterocycles. The van der Waals surface area contributed by atoms with Gasteiger partial charge in [0, 0.05) is 19.3 Å². The minimum atomic E-state index is -0.938. The second-order valence-corrected chi connectivity index (χ2v) is 7.02. The maximum absolute atomic E-state index is 12.9. The van der Waals surface area contributed by atoms with Crippen LogP contribution < -0.4 is 0 Å². The van der Waals surface area contributed by atoms with Crippen molar-refractivity contribution in [3.05, 3.63) is 59.7 Å². The number of carboxylic acids is 1. The Balaban J connectivity index is 1.82. The number of hydrogen-bond acceptors (Lipinski definition) is 4. The number of carboxylic acid groups (broad SMARTS) is 1. The van der Waals surface area contributed by atoms with Crippen LogP contribution in [-0.4, -0.2) is 44.9 Å². The number of carbonyl (C=O) groups excluding carboxylic acids is 1. The fourth-order valence-corrected chi connectivity index (χ4v) is 3.61. The second-order valence-electron chi connectivity index (χ2n) is 7.02. The number of benzene rings is 1. The Labute approximate surface area is 152 Å². The van der Waals surface area contributed by atoms with Crippen LogP contribution in [0.2, 0.25) is 0 Å². The van der Waals surface area contributed by atoms with Crippen LogP contribution in [0.3, 0.4) is 0 Å². The molecule has 1 saturated heterocycles. The zero-order valence-electron chi connectivity index (χ0n) is 15.1. The molecule has 136 valence electrons. The van der Waals surface area contributed by atoms with E-state index in [0.29, 0.717) is 31.5 Å². The van der Waals surface area contributed by atoms with Crippen LogP contribution in [0.5, 0.6) is 0 Å². The van der Waals surface area contributed by atoms with Crippen LogP contribution in [0, 0.1) is 0 Å². The number of amides is 1. The third kappa shape index (κ3) is 3.19. The van der Waals surface area contributed by atoms with Gasteiger partial charge < -0.3 is 10.0 Å². The maximum Gasteiger partial charge on any atom is 0.314 e. The van der Waals surface area contributed by atoms with Gasteiger partial charge >= 0.3 is 5.97 Å². The lowest BCUT2D eigenvalue weighted by molar-refractivity contribution is -0.145. The van der Waals surface area contributed by atoms with E-state index in [4.69, 9.17) is 0 Å². The first kappa shape index (κ1) is 18.0. The number of piperidine rings is 1. The molecule has 0 unspecified atom stereocenters. The minimum Gasteiger partial charge on any atom is -0.481 e. The molecule has 3 rings (SSSR count). The number of rotatable bonds is 4. The van der Waals surface area contributed by atoms with Crippen LogP contribution in [-0.2, 0) is 10.2 Å². The van der Waals surface area contributed by atoms with Gasteiger partial charge in [-0.05, 0) is 24.3 Å². The molecule has 1 aliphatic heterocycles. The summed E-state index contributed by atoms with van der Waals surface area (Å²) < 4.78 is 0. The van der Waals surface area contributed by atoms with Gasteiger partial charge in [-0.2, -0.15) is 0 Å². The molecular weight excluding hydrogens is 330 g/mol. The van der Waals surface area contributed by atoms with Crippen molar-refractivity contribution in [3.63, 3.8) is 0 Å². The quantitative estimate of drug-likeness (QED) is 0.914. The van der Waals surface area contributed by atoms with Crippen molar-refractivity contribution in [1.29, 1.82) is 0 Å². The minimum absolute atomic E-state index is 0.115. The summed E-state index contributed by atoms with van der Waals surface area (Å²) in [6, 6.07) is 9.29. The Morgan fingerprint density at radius 2 is 1.81 bits per heavy atom. The molecular formula is C20H23N3O3. The summed E-state index contributed by atoms with van der Waals surface area (Å²) in [5, 5.41) is 9.88. The van der Waals surface area contributed by atoms with E-state index in [-0.39, 0.29) is 11.8 Å². The lowest BCUT2D eigenvalue weighted by atomic mass is 9.72. The van der Waals surface area contributed by atoms with Crippen LogP contribution in [0.1, 0.15) is 54.2 Å². The molecule has 6 nitrogen and oxygen atoms in total. The zero-order chi connectivity index (χ0) is 18.7. The molecule has 0 saturated carbocycles. The van der Waals surface area contributed by atoms with E-state index >= 15 is 0 Å². The Morgan fingerprint density at radius 1 is 1.15 bits per heavy atom. The van der Waals surface area contributed by atoms with Gasteiger partial charge in [0.25, 0.3) is 5.91 Å². The van der Waals surface area contributed by atoms with Crippen molar-refractivity contribution in [3.8, 4) is 0 Å². The van der Waals surface area contributed by atoms with E-state index in [1.165, 1.54) is 6.33 Å². The highest BCUT2D eigenvalue weighted by atomic mass is 16.4. The first-order valence-corrected chi connectivity index (χ1v) is 8.84. The largest absolute Gasteiger partial charge is 0.481 e. The fraction of sp³-hybridized carbons (Fsp3) is 0.400. The van der Waals surface area contributed by atoms with E-state index in [0.717, 1.165) is 11.3 Å². The molecule has 1 amide bonds. The van der Waals surface area contributed by atoms with Gasteiger partial charge in [0.15, 0.2) is 0 Å². The summed E-state index contributed by atoms with van der Waals surface area (Å²) in [4.78, 5) is 34.9. The lowest BCUT2D eigenvalue weighted by Crippen LogP contribution is -2.49. The van der Waals surface area contributed by atoms with Crippen LogP contribution in [0.4, 0.5) is 0 Å². The van der Waals surface area contributed by atoms with Crippen molar-refractivity contribution < 1.29 is 14.7 Å². The van der Waals surface area contributed by atoms with Crippen molar-refractivity contribution >= 4 is 11.9 Å². The molecule has 1 aliphatic rings. The monoisotopic (exact) mass is 353 g/mol. The molecule has 0 spiro atoms. The average molecular weight is 353 g/mol. The van der Waals surface area contributed by atoms with Gasteiger partial charge in [0.2, 0.25) is 0 Å². The highest BCUT2D eigenvalue weighted by Crippen LogP contribution is 2.36. The van der Waals surface area contributed by atoms with Gasteiger partial charge in [-0.15, -0.1) is 0 Å². The number of aliphatic carboxylic acids is 1. The second kappa shape index (κ2) is 7.23. The number of hydrogen-bond donors (Lipinski definition) is 1. The van der Waals surface area contributed by atoms with Crippen LogP contribution in [0.25, 0.3) is 0 Å². The first-order chi connectivity index (χ1) is 12.5. The van der Waals surface area contributed by atoms with Gasteiger partial charge in [-0.3, -0.25) is 9.59 Å². The number of aromatic nitrogens is 2. The fourth-order valence-electron chi connectivity index (χ4n) is 3.61. The molecule has 6 heteroatoms. The Bertz CT molecular complexity index is 797. The summed E-state index contributed by atoms with van der Waals surface area (Å²) in [5.74, 6) is -0.841. The third-order valence-corrected chi connectivity index (χ3v) is 5.16. The third-order valence-electron chi connectivity index (χ3n) is 5.16. The maximum atomic E-state index is 12.9. The Morgan fingerprint density at radius 3 is 2.38 bits per heavy atom. The van der Waals surface area contributed by atoms with Crippen molar-refractivity contribution in [2.45, 2.75) is 38.0 Å². The number of carbonyl (C=O) groups is 2. The molecule has 1 aromatic carbocycles. The highest BCUT2D eigenvalue weighted by molar-refractivity contribution is 5.95. The van der Waals surface area contributed by atoms with E-state index in [1.54, 1.807) is 11.1 Å². The molecule has 0 bridgehead atoms. The molecule has 1 N–H and O–H groups in total. The predicted octanol–water partition coefficient (Wildman–Crippen LogP) is 2.86. The van der Waals surface area contributed by atoms with E-state index in [1.807, 2.05) is 44.2 Å². The van der Waals surface area contributed by atoms with E-state index in [9.17, 15) is 14.7 Å². The van der Waals surface area contributed by atoms with Crippen molar-refractivity contribution in [1.82, 2.24) is 14.9 Å². The number of likely N-dealkylation sites (tertiary alicyclic amines) is 1. The van der Waals surface area contributed by atoms with Crippen molar-refractivity contribution in [2.75, 3.05) is 13.1 Å². The summed E-state index contributed by atoms with van der Waals surface area (Å²) in [6.07, 6.45) is 3.79. The highest BCUT2D eigenvalue weighted by Gasteiger charge is 2.44. The molecule has 0 aliphatic carbocycles. The lowest BCUT2D eigenvalue weighted by Gasteiger charge is -2.39. The van der Waals surface area contributed by atoms with Crippen LogP contribution in [0.15, 0.2) is 42.9 Å². The average Bonchev–Trinajstić information content (AvgIpc) is 2.68. The van der Waals surface area contributed by atoms with Gasteiger partial charge in [0.05, 0.1) is 16.7 Å². The summed E-state index contributed by atoms with van der Waals surface area (Å²) in [7, 11) is 0. The first-order valence-electron chi connectivity index (χ1n) is 8.84.